The Hall–Kier alpha value is -3.15. The van der Waals surface area contributed by atoms with Gasteiger partial charge in [-0.15, -0.1) is 0 Å². The van der Waals surface area contributed by atoms with Crippen LogP contribution in [0.1, 0.15) is 105 Å². The maximum Gasteiger partial charge on any atom is 0.311 e. The Morgan fingerprint density at radius 2 is 1.72 bits per heavy atom. The van der Waals surface area contributed by atoms with Crippen molar-refractivity contribution in [2.75, 3.05) is 20.4 Å². The summed E-state index contributed by atoms with van der Waals surface area (Å²) in [6.07, 6.45) is 17.8. The fraction of sp³-hybridized carbons (Fsp3) is 0.595. The van der Waals surface area contributed by atoms with E-state index in [0.29, 0.717) is 23.8 Å². The minimum Gasteiger partial charge on any atom is -0.493 e. The quantitative estimate of drug-likeness (QED) is 0.264. The highest BCUT2D eigenvalue weighted by molar-refractivity contribution is 5.88. The lowest BCUT2D eigenvalue weighted by molar-refractivity contribution is -0.139. The molecule has 0 amide bonds. The van der Waals surface area contributed by atoms with Gasteiger partial charge in [0.15, 0.2) is 23.0 Å². The second-order valence-electron chi connectivity index (χ2n) is 14.8. The summed E-state index contributed by atoms with van der Waals surface area (Å²) in [6.45, 7) is 1.21. The van der Waals surface area contributed by atoms with Gasteiger partial charge in [-0.3, -0.25) is 4.79 Å². The van der Waals surface area contributed by atoms with Gasteiger partial charge in [-0.25, -0.2) is 0 Å². The molecule has 226 valence electrons. The molecular formula is C37H43NO5. The number of esters is 1. The molecule has 0 N–H and O–H groups in total. The Kier molecular flexibility index (Phi) is 6.07. The summed E-state index contributed by atoms with van der Waals surface area (Å²) in [6, 6.07) is 8.66. The molecule has 5 saturated carbocycles. The van der Waals surface area contributed by atoms with E-state index >= 15 is 0 Å². The van der Waals surface area contributed by atoms with Gasteiger partial charge in [0.1, 0.15) is 0 Å². The lowest BCUT2D eigenvalue weighted by Gasteiger charge is -2.48. The maximum absolute atomic E-state index is 14.0. The van der Waals surface area contributed by atoms with Crippen LogP contribution in [0, 0.1) is 29.1 Å². The van der Waals surface area contributed by atoms with Crippen molar-refractivity contribution in [1.29, 1.82) is 0 Å². The van der Waals surface area contributed by atoms with Crippen LogP contribution in [0.3, 0.4) is 0 Å². The fourth-order valence-electron chi connectivity index (χ4n) is 10.8. The molecule has 0 aromatic heterocycles. The summed E-state index contributed by atoms with van der Waals surface area (Å²) >= 11 is 0. The van der Waals surface area contributed by atoms with Gasteiger partial charge in [-0.05, 0) is 116 Å². The molecule has 0 radical (unpaired) electrons. The molecule has 5 aliphatic carbocycles. The molecule has 4 bridgehead atoms. The highest BCUT2D eigenvalue weighted by atomic mass is 16.7. The summed E-state index contributed by atoms with van der Waals surface area (Å²) in [5.41, 5.74) is 6.21. The van der Waals surface area contributed by atoms with Gasteiger partial charge >= 0.3 is 5.97 Å². The molecule has 6 nitrogen and oxygen atoms in total. The second-order valence-corrected chi connectivity index (χ2v) is 14.8. The van der Waals surface area contributed by atoms with Gasteiger partial charge < -0.3 is 23.8 Å². The van der Waals surface area contributed by atoms with Crippen LogP contribution in [0.4, 0.5) is 0 Å². The van der Waals surface area contributed by atoms with Crippen LogP contribution in [-0.4, -0.2) is 31.3 Å². The van der Waals surface area contributed by atoms with Crippen LogP contribution in [0.2, 0.25) is 0 Å². The van der Waals surface area contributed by atoms with Crippen molar-refractivity contribution in [3.05, 3.63) is 46.5 Å². The number of hydrogen-bond acceptors (Lipinski definition) is 6. The van der Waals surface area contributed by atoms with Crippen molar-refractivity contribution in [2.45, 2.75) is 89.5 Å². The number of carbonyl (C=O) groups excluding carboxylic acids is 1. The van der Waals surface area contributed by atoms with Crippen molar-refractivity contribution in [3.63, 3.8) is 0 Å². The zero-order chi connectivity index (χ0) is 28.7. The molecule has 8 aliphatic rings. The number of hydrogen-bond donors (Lipinski definition) is 0. The van der Waals surface area contributed by atoms with E-state index in [1.165, 1.54) is 87.5 Å². The second kappa shape index (κ2) is 9.93. The largest absolute Gasteiger partial charge is 0.493 e. The normalized spacial score (nSPS) is 31.7. The van der Waals surface area contributed by atoms with Gasteiger partial charge in [0.05, 0.1) is 19.6 Å². The van der Waals surface area contributed by atoms with Crippen molar-refractivity contribution >= 4 is 17.7 Å². The SMILES string of the molecule is COc1ccc2c(c1OC(=O)CC13CC4CCC(CC(C4)C1)C3)C(C1CCCC1)N1CCc3cc4c(cc3C1=C2)OCO4. The average molecular weight is 582 g/mol. The standard InChI is InChI=1S/C37H43NO5/c1-40-30-9-8-27-14-29-28-16-32-31(41-21-42-32)15-26(28)10-11-38(29)35(25-4-2-3-5-25)34(27)36(30)43-33(39)20-37-17-22-6-7-23(18-37)13-24(12-22)19-37/h8-9,14-16,22-25,35H,2-7,10-13,17-21H2,1H3. The van der Waals surface area contributed by atoms with Gasteiger partial charge in [0.2, 0.25) is 6.79 Å². The van der Waals surface area contributed by atoms with E-state index in [1.807, 2.05) is 6.07 Å². The van der Waals surface area contributed by atoms with Crippen molar-refractivity contribution in [1.82, 2.24) is 4.90 Å². The number of methoxy groups -OCH3 is 1. The lowest BCUT2D eigenvalue weighted by Crippen LogP contribution is -2.40. The van der Waals surface area contributed by atoms with Gasteiger partial charge in [0.25, 0.3) is 0 Å². The van der Waals surface area contributed by atoms with E-state index in [-0.39, 0.29) is 24.2 Å². The summed E-state index contributed by atoms with van der Waals surface area (Å²) in [5, 5.41) is 0. The monoisotopic (exact) mass is 581 g/mol. The molecule has 3 aliphatic heterocycles. The molecule has 5 fully saturated rings. The van der Waals surface area contributed by atoms with E-state index in [1.54, 1.807) is 7.11 Å². The Morgan fingerprint density at radius 3 is 2.49 bits per heavy atom. The van der Waals surface area contributed by atoms with Gasteiger partial charge in [-0.2, -0.15) is 0 Å². The van der Waals surface area contributed by atoms with Crippen LogP contribution >= 0.6 is 0 Å². The van der Waals surface area contributed by atoms with E-state index in [0.717, 1.165) is 53.3 Å². The highest BCUT2D eigenvalue weighted by Gasteiger charge is 2.50. The number of nitrogens with zero attached hydrogens (tertiary/aromatic N) is 1. The third kappa shape index (κ3) is 4.29. The lowest BCUT2D eigenvalue weighted by atomic mass is 9.57. The third-order valence-electron chi connectivity index (χ3n) is 12.2. The first kappa shape index (κ1) is 26.3. The first-order chi connectivity index (χ1) is 21.1. The molecule has 3 unspecified atom stereocenters. The number of ether oxygens (including phenoxy) is 4. The van der Waals surface area contributed by atoms with Gasteiger partial charge in [0, 0.05) is 23.4 Å². The summed E-state index contributed by atoms with van der Waals surface area (Å²) < 4.78 is 24.0. The number of rotatable bonds is 5. The first-order valence-electron chi connectivity index (χ1n) is 16.9. The number of fused-ring (bicyclic) bond motifs is 6. The Labute approximate surface area is 254 Å². The third-order valence-corrected chi connectivity index (χ3v) is 12.2. The summed E-state index contributed by atoms with van der Waals surface area (Å²) in [7, 11) is 1.71. The van der Waals surface area contributed by atoms with Crippen molar-refractivity contribution in [2.24, 2.45) is 29.1 Å². The molecule has 2 aromatic rings. The van der Waals surface area contributed by atoms with E-state index in [2.05, 4.69) is 29.2 Å². The zero-order valence-electron chi connectivity index (χ0n) is 25.4. The van der Waals surface area contributed by atoms with Crippen molar-refractivity contribution in [3.8, 4) is 23.0 Å². The molecule has 3 atom stereocenters. The van der Waals surface area contributed by atoms with Crippen LogP contribution in [0.25, 0.3) is 11.8 Å². The Balaban J connectivity index is 1.11. The minimum absolute atomic E-state index is 0.0645. The first-order valence-corrected chi connectivity index (χ1v) is 16.9. The molecule has 3 heterocycles. The molecule has 10 rings (SSSR count). The van der Waals surface area contributed by atoms with E-state index in [4.69, 9.17) is 18.9 Å². The average Bonchev–Trinajstić information content (AvgIpc) is 3.65. The van der Waals surface area contributed by atoms with Gasteiger partial charge in [-0.1, -0.05) is 31.7 Å². The molecule has 0 saturated heterocycles. The molecule has 43 heavy (non-hydrogen) atoms. The van der Waals surface area contributed by atoms with Crippen LogP contribution in [-0.2, 0) is 11.2 Å². The summed E-state index contributed by atoms with van der Waals surface area (Å²) in [5.74, 6) is 5.87. The highest BCUT2D eigenvalue weighted by Crippen LogP contribution is 2.60. The predicted molar refractivity (Wildman–Crippen MR) is 164 cm³/mol. The maximum atomic E-state index is 14.0. The smallest absolute Gasteiger partial charge is 0.311 e. The molecular weight excluding hydrogens is 538 g/mol. The Morgan fingerprint density at radius 1 is 0.977 bits per heavy atom. The van der Waals surface area contributed by atoms with E-state index in [9.17, 15) is 4.79 Å². The molecule has 0 spiro atoms. The predicted octanol–water partition coefficient (Wildman–Crippen LogP) is 7.93. The number of carbonyl (C=O) groups is 1. The van der Waals surface area contributed by atoms with Crippen LogP contribution < -0.4 is 18.9 Å². The Bertz CT molecular complexity index is 1490. The van der Waals surface area contributed by atoms with E-state index < -0.39 is 0 Å². The zero-order valence-corrected chi connectivity index (χ0v) is 25.4. The topological polar surface area (TPSA) is 57.2 Å². The molecule has 6 heteroatoms. The summed E-state index contributed by atoms with van der Waals surface area (Å²) in [4.78, 5) is 16.6. The van der Waals surface area contributed by atoms with Crippen molar-refractivity contribution < 1.29 is 23.7 Å². The van der Waals surface area contributed by atoms with Crippen LogP contribution in [0.5, 0.6) is 23.0 Å². The minimum atomic E-state index is -0.0645. The number of benzene rings is 2. The molecule has 2 aromatic carbocycles. The fourth-order valence-corrected chi connectivity index (χ4v) is 10.8. The van der Waals surface area contributed by atoms with Crippen LogP contribution in [0.15, 0.2) is 24.3 Å².